The van der Waals surface area contributed by atoms with Crippen LogP contribution in [-0.4, -0.2) is 56.2 Å². The van der Waals surface area contributed by atoms with Crippen LogP contribution in [0.4, 0.5) is 5.13 Å². The number of ether oxygens (including phenoxy) is 2. The average Bonchev–Trinajstić information content (AvgIpc) is 3.28. The van der Waals surface area contributed by atoms with Crippen LogP contribution in [0.2, 0.25) is 0 Å². The maximum absolute atomic E-state index is 13.9. The molecule has 0 saturated carbocycles. The van der Waals surface area contributed by atoms with Gasteiger partial charge in [-0.3, -0.25) is 9.69 Å². The summed E-state index contributed by atoms with van der Waals surface area (Å²) in [6, 6.07) is 16.8. The number of fused-ring (bicyclic) bond motifs is 5. The summed E-state index contributed by atoms with van der Waals surface area (Å²) in [4.78, 5) is 35.1. The molecule has 2 aromatic heterocycles. The third kappa shape index (κ3) is 4.61. The highest BCUT2D eigenvalue weighted by Crippen LogP contribution is 2.39. The molecule has 0 aliphatic carbocycles. The fraction of sp³-hybridized carbons (Fsp3) is 0.222. The fourth-order valence-electron chi connectivity index (χ4n) is 4.32. The Morgan fingerprint density at radius 3 is 2.51 bits per heavy atom. The molecule has 0 atom stereocenters. The molecule has 37 heavy (non-hydrogen) atoms. The number of hydrogen-bond donors (Lipinski definition) is 0. The number of anilines is 1. The Labute approximate surface area is 222 Å². The summed E-state index contributed by atoms with van der Waals surface area (Å²) in [5, 5.41) is 3.13. The monoisotopic (exact) mass is 537 g/mol. The Morgan fingerprint density at radius 1 is 0.973 bits per heavy atom. The van der Waals surface area contributed by atoms with Gasteiger partial charge in [-0.2, -0.15) is 0 Å². The SMILES string of the molecule is CN(C)CCN(C(=O)c1cc2c(ccc3ccccc32)oc1=O)c1nc2cc3c(cc2s1)OCCO3.Cl. The minimum atomic E-state index is -0.670. The fourth-order valence-corrected chi connectivity index (χ4v) is 5.32. The molecular formula is C27H24ClN3O5S. The van der Waals surface area contributed by atoms with E-state index >= 15 is 0 Å². The molecule has 10 heteroatoms. The summed E-state index contributed by atoms with van der Waals surface area (Å²) >= 11 is 1.37. The molecule has 1 aliphatic heterocycles. The second-order valence-corrected chi connectivity index (χ2v) is 9.88. The number of nitrogens with zero attached hydrogens (tertiary/aromatic N) is 3. The molecule has 0 fully saturated rings. The van der Waals surface area contributed by atoms with E-state index in [-0.39, 0.29) is 18.0 Å². The number of amides is 1. The highest BCUT2D eigenvalue weighted by atomic mass is 35.5. The van der Waals surface area contributed by atoms with Gasteiger partial charge in [-0.05, 0) is 37.0 Å². The van der Waals surface area contributed by atoms with Crippen LogP contribution in [0.3, 0.4) is 0 Å². The zero-order valence-electron chi connectivity index (χ0n) is 20.2. The van der Waals surface area contributed by atoms with E-state index in [4.69, 9.17) is 18.9 Å². The van der Waals surface area contributed by atoms with E-state index in [0.29, 0.717) is 54.0 Å². The highest BCUT2D eigenvalue weighted by Gasteiger charge is 2.26. The van der Waals surface area contributed by atoms with Gasteiger partial charge in [0.25, 0.3) is 5.91 Å². The van der Waals surface area contributed by atoms with Crippen LogP contribution in [0.1, 0.15) is 10.4 Å². The van der Waals surface area contributed by atoms with E-state index < -0.39 is 11.5 Å². The Bertz CT molecular complexity index is 1650. The standard InChI is InChI=1S/C27H23N3O5S.ClH/c1-29(2)9-10-30(27-28-20-14-22-23(15-24(20)36-27)34-12-11-33-22)25(31)19-13-18-17-6-4-3-5-16(17)7-8-21(18)35-26(19)32;/h3-8,13-15H,9-12H2,1-2H3;1H. The zero-order valence-corrected chi connectivity index (χ0v) is 21.9. The number of rotatable bonds is 5. The lowest BCUT2D eigenvalue weighted by molar-refractivity contribution is 0.0982. The smallest absolute Gasteiger partial charge is 0.349 e. The Morgan fingerprint density at radius 2 is 1.73 bits per heavy atom. The number of hydrogen-bond acceptors (Lipinski definition) is 8. The number of likely N-dealkylation sites (N-methyl/N-ethyl adjacent to an activating group) is 1. The second-order valence-electron chi connectivity index (χ2n) is 8.87. The van der Waals surface area contributed by atoms with Crippen molar-refractivity contribution in [2.24, 2.45) is 0 Å². The van der Waals surface area contributed by atoms with Crippen molar-refractivity contribution >= 4 is 66.7 Å². The Kier molecular flexibility index (Phi) is 6.76. The lowest BCUT2D eigenvalue weighted by atomic mass is 10.0. The van der Waals surface area contributed by atoms with E-state index in [9.17, 15) is 9.59 Å². The Hall–Kier alpha value is -3.66. The third-order valence-corrected chi connectivity index (χ3v) is 7.20. The number of carbonyl (C=O) groups excluding carboxylic acids is 1. The maximum Gasteiger partial charge on any atom is 0.349 e. The summed E-state index contributed by atoms with van der Waals surface area (Å²) in [6.07, 6.45) is 0. The first-order valence-corrected chi connectivity index (χ1v) is 12.4. The average molecular weight is 538 g/mol. The maximum atomic E-state index is 13.9. The van der Waals surface area contributed by atoms with Crippen LogP contribution < -0.4 is 20.0 Å². The van der Waals surface area contributed by atoms with Gasteiger partial charge in [0.2, 0.25) is 0 Å². The summed E-state index contributed by atoms with van der Waals surface area (Å²) in [7, 11) is 3.86. The number of aromatic nitrogens is 1. The molecule has 3 aromatic carbocycles. The molecule has 0 spiro atoms. The topological polar surface area (TPSA) is 85.1 Å². The molecule has 1 aliphatic rings. The van der Waals surface area contributed by atoms with Gasteiger partial charge in [0.15, 0.2) is 16.6 Å². The van der Waals surface area contributed by atoms with Crippen molar-refractivity contribution in [2.45, 2.75) is 0 Å². The minimum Gasteiger partial charge on any atom is -0.486 e. The summed E-state index contributed by atoms with van der Waals surface area (Å²) in [5.74, 6) is 0.854. The largest absolute Gasteiger partial charge is 0.486 e. The summed E-state index contributed by atoms with van der Waals surface area (Å²) in [6.45, 7) is 1.91. The number of halogens is 1. The van der Waals surface area contributed by atoms with Crippen molar-refractivity contribution in [2.75, 3.05) is 45.3 Å². The van der Waals surface area contributed by atoms with E-state index in [1.807, 2.05) is 61.5 Å². The first-order chi connectivity index (χ1) is 17.5. The molecule has 3 heterocycles. The van der Waals surface area contributed by atoms with Gasteiger partial charge >= 0.3 is 5.63 Å². The molecule has 8 nitrogen and oxygen atoms in total. The lowest BCUT2D eigenvalue weighted by Crippen LogP contribution is -2.38. The summed E-state index contributed by atoms with van der Waals surface area (Å²) < 4.78 is 17.9. The van der Waals surface area contributed by atoms with Gasteiger partial charge in [-0.15, -0.1) is 12.4 Å². The molecule has 0 unspecified atom stereocenters. The zero-order chi connectivity index (χ0) is 24.8. The van der Waals surface area contributed by atoms with E-state index in [1.54, 1.807) is 17.0 Å². The molecule has 0 radical (unpaired) electrons. The number of benzene rings is 3. The van der Waals surface area contributed by atoms with Gasteiger partial charge in [-0.25, -0.2) is 9.78 Å². The summed E-state index contributed by atoms with van der Waals surface area (Å²) in [5.41, 5.74) is 0.456. The first kappa shape index (κ1) is 25.0. The van der Waals surface area contributed by atoms with Crippen LogP contribution >= 0.6 is 23.7 Å². The van der Waals surface area contributed by atoms with Crippen LogP contribution in [0.15, 0.2) is 63.8 Å². The molecule has 1 amide bonds. The second kappa shape index (κ2) is 10.0. The van der Waals surface area contributed by atoms with E-state index in [0.717, 1.165) is 20.9 Å². The van der Waals surface area contributed by atoms with Crippen LogP contribution in [0, 0.1) is 0 Å². The van der Waals surface area contributed by atoms with Gasteiger partial charge in [0, 0.05) is 30.6 Å². The van der Waals surface area contributed by atoms with Gasteiger partial charge in [0.05, 0.1) is 10.2 Å². The van der Waals surface area contributed by atoms with Crippen LogP contribution in [0.25, 0.3) is 32.0 Å². The molecule has 190 valence electrons. The van der Waals surface area contributed by atoms with Crippen molar-refractivity contribution in [3.8, 4) is 11.5 Å². The van der Waals surface area contributed by atoms with Crippen molar-refractivity contribution in [1.29, 1.82) is 0 Å². The molecule has 0 saturated heterocycles. The lowest BCUT2D eigenvalue weighted by Gasteiger charge is -2.21. The van der Waals surface area contributed by atoms with Gasteiger partial charge in [0.1, 0.15) is 24.4 Å². The van der Waals surface area contributed by atoms with E-state index in [1.165, 1.54) is 11.3 Å². The molecule has 0 N–H and O–H groups in total. The molecular weight excluding hydrogens is 514 g/mol. The van der Waals surface area contributed by atoms with Crippen molar-refractivity contribution < 1.29 is 18.7 Å². The van der Waals surface area contributed by atoms with Crippen molar-refractivity contribution in [3.63, 3.8) is 0 Å². The van der Waals surface area contributed by atoms with Crippen molar-refractivity contribution in [3.05, 3.63) is 70.6 Å². The van der Waals surface area contributed by atoms with Gasteiger partial charge in [-0.1, -0.05) is 41.7 Å². The molecule has 6 rings (SSSR count). The normalized spacial score (nSPS) is 12.7. The molecule has 5 aromatic rings. The number of thiazole rings is 1. The van der Waals surface area contributed by atoms with E-state index in [2.05, 4.69) is 0 Å². The quantitative estimate of drug-likeness (QED) is 0.231. The minimum absolute atomic E-state index is 0. The predicted molar refractivity (Wildman–Crippen MR) is 148 cm³/mol. The first-order valence-electron chi connectivity index (χ1n) is 11.6. The Balaban J connectivity index is 0.00000280. The molecule has 0 bridgehead atoms. The van der Waals surface area contributed by atoms with Gasteiger partial charge < -0.3 is 18.8 Å². The van der Waals surface area contributed by atoms with Crippen LogP contribution in [-0.2, 0) is 0 Å². The van der Waals surface area contributed by atoms with Crippen LogP contribution in [0.5, 0.6) is 11.5 Å². The number of carbonyl (C=O) groups is 1. The van der Waals surface area contributed by atoms with Crippen molar-refractivity contribution in [1.82, 2.24) is 9.88 Å². The predicted octanol–water partition coefficient (Wildman–Crippen LogP) is 4.96. The highest BCUT2D eigenvalue weighted by molar-refractivity contribution is 7.22. The third-order valence-electron chi connectivity index (χ3n) is 6.16.